The Bertz CT molecular complexity index is 1530. The van der Waals surface area contributed by atoms with Crippen LogP contribution in [0.25, 0.3) is 0 Å². The van der Waals surface area contributed by atoms with Crippen molar-refractivity contribution in [3.63, 3.8) is 0 Å². The van der Waals surface area contributed by atoms with E-state index in [0.29, 0.717) is 11.3 Å². The van der Waals surface area contributed by atoms with Crippen molar-refractivity contribution in [2.24, 2.45) is 11.5 Å². The number of carboxylic acid groups (broad SMARTS) is 4. The molecular weight excluding hydrogens is 738 g/mol. The largest absolute Gasteiger partial charge is 0.481 e. The van der Waals surface area contributed by atoms with E-state index in [0.717, 1.165) is 0 Å². The van der Waals surface area contributed by atoms with Crippen LogP contribution in [0.2, 0.25) is 0 Å². The molecule has 0 saturated heterocycles. The number of carboxylic acids is 4. The molecule has 0 heterocycles. The molecule has 0 spiro atoms. The summed E-state index contributed by atoms with van der Waals surface area (Å²) in [7, 11) is 0. The lowest BCUT2D eigenvalue weighted by molar-refractivity contribution is -0.143. The van der Waals surface area contributed by atoms with E-state index in [4.69, 9.17) is 16.6 Å². The highest BCUT2D eigenvalue weighted by molar-refractivity contribution is 7.98. The second-order valence-corrected chi connectivity index (χ2v) is 12.8. The average Bonchev–Trinajstić information content (AvgIpc) is 3.08. The Balaban J connectivity index is 3.40. The molecule has 21 nitrogen and oxygen atoms in total. The van der Waals surface area contributed by atoms with Gasteiger partial charge in [0.1, 0.15) is 30.2 Å². The molecule has 0 saturated carbocycles. The Morgan fingerprint density at radius 2 is 1.02 bits per heavy atom. The number of rotatable bonds is 26. The van der Waals surface area contributed by atoms with Crippen molar-refractivity contribution >= 4 is 71.1 Å². The number of thioether (sulfide) groups is 1. The van der Waals surface area contributed by atoms with E-state index < -0.39 is 134 Å². The molecule has 0 aliphatic carbocycles. The number of carbonyl (C=O) groups excluding carboxylic acids is 6. The summed E-state index contributed by atoms with van der Waals surface area (Å²) in [5.74, 6) is -11.8. The molecule has 0 aromatic heterocycles. The molecule has 54 heavy (non-hydrogen) atoms. The van der Waals surface area contributed by atoms with Gasteiger partial charge in [0.25, 0.3) is 0 Å². The second-order valence-electron chi connectivity index (χ2n) is 11.9. The third-order valence-corrected chi connectivity index (χ3v) is 8.11. The summed E-state index contributed by atoms with van der Waals surface area (Å²) >= 11 is 1.28. The molecule has 13 N–H and O–H groups in total. The number of hydrogen-bond acceptors (Lipinski definition) is 12. The SMILES string of the molecule is CSCC[C@H](NC(=O)[C@@H](N)CC(=O)O)C(=O)N[C@@H](CCC(=O)O)C(=O)N[C@@H](CCC(=O)O)C(=O)N[C@@H](Cc1ccccc1)C(=O)N[C@@H](CC(N)=O)C(=O)O. The third kappa shape index (κ3) is 18.1. The van der Waals surface area contributed by atoms with Crippen LogP contribution in [0.5, 0.6) is 0 Å². The van der Waals surface area contributed by atoms with Crippen LogP contribution in [0.4, 0.5) is 0 Å². The van der Waals surface area contributed by atoms with Gasteiger partial charge in [0, 0.05) is 19.3 Å². The van der Waals surface area contributed by atoms with Gasteiger partial charge in [-0.25, -0.2) is 4.79 Å². The van der Waals surface area contributed by atoms with Crippen LogP contribution in [-0.2, 0) is 54.4 Å². The first-order chi connectivity index (χ1) is 25.3. The molecule has 0 fully saturated rings. The van der Waals surface area contributed by atoms with Gasteiger partial charge < -0.3 is 58.5 Å². The zero-order chi connectivity index (χ0) is 41.0. The Labute approximate surface area is 312 Å². The third-order valence-electron chi connectivity index (χ3n) is 7.47. The fourth-order valence-corrected chi connectivity index (χ4v) is 5.16. The van der Waals surface area contributed by atoms with Gasteiger partial charge in [-0.1, -0.05) is 30.3 Å². The van der Waals surface area contributed by atoms with E-state index in [1.54, 1.807) is 36.6 Å². The zero-order valence-corrected chi connectivity index (χ0v) is 30.0. The minimum atomic E-state index is -1.77. The number of benzene rings is 1. The lowest BCUT2D eigenvalue weighted by Gasteiger charge is -2.27. The van der Waals surface area contributed by atoms with Crippen LogP contribution in [0, 0.1) is 0 Å². The highest BCUT2D eigenvalue weighted by Crippen LogP contribution is 2.09. The van der Waals surface area contributed by atoms with Crippen molar-refractivity contribution in [3.05, 3.63) is 35.9 Å². The summed E-state index contributed by atoms with van der Waals surface area (Å²) in [5.41, 5.74) is 11.2. The predicted molar refractivity (Wildman–Crippen MR) is 188 cm³/mol. The van der Waals surface area contributed by atoms with Crippen LogP contribution >= 0.6 is 11.8 Å². The lowest BCUT2D eigenvalue weighted by atomic mass is 10.0. The van der Waals surface area contributed by atoms with Gasteiger partial charge in [-0.3, -0.25) is 43.2 Å². The quantitative estimate of drug-likeness (QED) is 0.0443. The van der Waals surface area contributed by atoms with E-state index in [1.165, 1.54) is 11.8 Å². The maximum Gasteiger partial charge on any atom is 0.326 e. The first kappa shape index (κ1) is 46.3. The first-order valence-electron chi connectivity index (χ1n) is 16.3. The molecule has 6 atom stereocenters. The molecule has 298 valence electrons. The smallest absolute Gasteiger partial charge is 0.326 e. The van der Waals surface area contributed by atoms with Gasteiger partial charge in [0.05, 0.1) is 18.9 Å². The highest BCUT2D eigenvalue weighted by atomic mass is 32.2. The van der Waals surface area contributed by atoms with Crippen LogP contribution in [0.3, 0.4) is 0 Å². The number of primary amides is 1. The zero-order valence-electron chi connectivity index (χ0n) is 29.1. The maximum atomic E-state index is 13.6. The monoisotopic (exact) mass is 783 g/mol. The van der Waals surface area contributed by atoms with Crippen LogP contribution < -0.4 is 38.1 Å². The van der Waals surface area contributed by atoms with Crippen LogP contribution in [-0.4, -0.2) is 128 Å². The molecule has 0 bridgehead atoms. The Kier molecular flexibility index (Phi) is 20.3. The summed E-state index contributed by atoms with van der Waals surface area (Å²) in [6.45, 7) is 0. The number of aliphatic carboxylic acids is 4. The molecule has 6 amide bonds. The molecular formula is C32H45N7O14S. The standard InChI is InChI=1S/C32H45N7O14S/c1-54-12-11-20(35-27(47)17(33)14-26(45)46)30(50)37-18(7-9-24(41)42)28(48)36-19(8-10-25(43)44)29(49)38-21(13-16-5-3-2-4-6-16)31(51)39-22(32(52)53)15-23(34)40/h2-6,17-22H,7-15,33H2,1H3,(H2,34,40)(H,35,47)(H,36,48)(H,37,50)(H,38,49)(H,39,51)(H,41,42)(H,43,44)(H,45,46)(H,52,53)/t17-,18-,19-,20-,21-,22-/m0/s1. The van der Waals surface area contributed by atoms with Gasteiger partial charge in [-0.2, -0.15) is 11.8 Å². The van der Waals surface area contributed by atoms with Crippen LogP contribution in [0.1, 0.15) is 50.5 Å². The lowest BCUT2D eigenvalue weighted by Crippen LogP contribution is -2.59. The first-order valence-corrected chi connectivity index (χ1v) is 17.7. The van der Waals surface area contributed by atoms with Crippen molar-refractivity contribution < 1.29 is 68.4 Å². The van der Waals surface area contributed by atoms with Gasteiger partial charge >= 0.3 is 23.9 Å². The summed E-state index contributed by atoms with van der Waals surface area (Å²) in [5, 5.41) is 48.4. The predicted octanol–water partition coefficient (Wildman–Crippen LogP) is -3.10. The molecule has 1 rings (SSSR count). The van der Waals surface area contributed by atoms with Crippen molar-refractivity contribution in [1.29, 1.82) is 0 Å². The normalized spacial score (nSPS) is 14.0. The molecule has 1 aromatic rings. The van der Waals surface area contributed by atoms with Gasteiger partial charge in [-0.05, 0) is 36.8 Å². The summed E-state index contributed by atoms with van der Waals surface area (Å²) in [6, 6.07) is -1.56. The van der Waals surface area contributed by atoms with Gasteiger partial charge in [-0.15, -0.1) is 0 Å². The molecule has 22 heteroatoms. The van der Waals surface area contributed by atoms with Crippen molar-refractivity contribution in [1.82, 2.24) is 26.6 Å². The Morgan fingerprint density at radius 3 is 1.44 bits per heavy atom. The van der Waals surface area contributed by atoms with Crippen molar-refractivity contribution in [2.75, 3.05) is 12.0 Å². The molecule has 1 aromatic carbocycles. The van der Waals surface area contributed by atoms with E-state index in [2.05, 4.69) is 26.6 Å². The second kappa shape index (κ2) is 23.7. The maximum absolute atomic E-state index is 13.6. The van der Waals surface area contributed by atoms with Crippen LogP contribution in [0.15, 0.2) is 30.3 Å². The number of nitrogens with one attached hydrogen (secondary N) is 5. The number of amides is 6. The van der Waals surface area contributed by atoms with Crippen molar-refractivity contribution in [2.45, 2.75) is 87.6 Å². The Hall–Kier alpha value is -5.77. The minimum absolute atomic E-state index is 0.0253. The summed E-state index contributed by atoms with van der Waals surface area (Å²) in [4.78, 5) is 123. The van der Waals surface area contributed by atoms with E-state index in [9.17, 15) is 63.3 Å². The minimum Gasteiger partial charge on any atom is -0.481 e. The van der Waals surface area contributed by atoms with E-state index >= 15 is 0 Å². The number of hydrogen-bond donors (Lipinski definition) is 11. The molecule has 0 aliphatic heterocycles. The average molecular weight is 784 g/mol. The molecule has 0 aliphatic rings. The number of carbonyl (C=O) groups is 10. The summed E-state index contributed by atoms with van der Waals surface area (Å²) in [6.07, 6.45) is -2.60. The van der Waals surface area contributed by atoms with Crippen molar-refractivity contribution in [3.8, 4) is 0 Å². The fourth-order valence-electron chi connectivity index (χ4n) is 4.69. The van der Waals surface area contributed by atoms with E-state index in [1.807, 2.05) is 0 Å². The Morgan fingerprint density at radius 1 is 0.593 bits per heavy atom. The number of nitrogens with two attached hydrogens (primary N) is 2. The van der Waals surface area contributed by atoms with Gasteiger partial charge in [0.2, 0.25) is 35.4 Å². The topological polar surface area (TPSA) is 364 Å². The fraction of sp³-hybridized carbons (Fsp3) is 0.500. The highest BCUT2D eigenvalue weighted by Gasteiger charge is 2.34. The molecule has 0 unspecified atom stereocenters. The van der Waals surface area contributed by atoms with Gasteiger partial charge in [0.15, 0.2) is 0 Å². The molecule has 0 radical (unpaired) electrons. The van der Waals surface area contributed by atoms with E-state index in [-0.39, 0.29) is 12.8 Å². The summed E-state index contributed by atoms with van der Waals surface area (Å²) < 4.78 is 0.